The van der Waals surface area contributed by atoms with E-state index in [1.807, 2.05) is 45.8 Å². The fourth-order valence-corrected chi connectivity index (χ4v) is 4.63. The number of amides is 1. The summed E-state index contributed by atoms with van der Waals surface area (Å²) in [4.78, 5) is 29.2. The quantitative estimate of drug-likeness (QED) is 0.384. The first-order valence-corrected chi connectivity index (χ1v) is 12.2. The number of methoxy groups -OCH3 is 1. The average molecular weight is 557 g/mol. The molecule has 4 aromatic rings. The maximum absolute atomic E-state index is 11.6. The molecule has 180 valence electrons. The first kappa shape index (κ1) is 23.4. The molecule has 1 aromatic carbocycles. The molecule has 1 fully saturated rings. The molecule has 1 N–H and O–H groups in total. The van der Waals surface area contributed by atoms with Crippen molar-refractivity contribution >= 4 is 56.4 Å². The standard InChI is InChI=1S/C24H23BrClN7O2/c1-15(34)31-7-9-32(10-8-31)17-3-4-19(21(12-17)35-2)29-24-28-13-18(26)23(30-24)20-14-27-22-11-16(25)5-6-33(20)22/h3-6,11-14H,7-10H2,1-2H3,(H,28,29,30). The molecule has 1 saturated heterocycles. The molecule has 0 bridgehead atoms. The Labute approximate surface area is 215 Å². The molecule has 5 rings (SSSR count). The fourth-order valence-electron chi connectivity index (χ4n) is 4.12. The summed E-state index contributed by atoms with van der Waals surface area (Å²) in [6.45, 7) is 4.57. The Balaban J connectivity index is 1.40. The van der Waals surface area contributed by atoms with E-state index < -0.39 is 0 Å². The van der Waals surface area contributed by atoms with Gasteiger partial charge in [-0.05, 0) is 24.3 Å². The number of benzene rings is 1. The molecular weight excluding hydrogens is 534 g/mol. The summed E-state index contributed by atoms with van der Waals surface area (Å²) in [6, 6.07) is 9.79. The third-order valence-corrected chi connectivity index (χ3v) is 6.75. The van der Waals surface area contributed by atoms with Gasteiger partial charge < -0.3 is 19.9 Å². The van der Waals surface area contributed by atoms with Gasteiger partial charge in [-0.3, -0.25) is 9.20 Å². The highest BCUT2D eigenvalue weighted by Crippen LogP contribution is 2.33. The van der Waals surface area contributed by atoms with Gasteiger partial charge in [0.25, 0.3) is 0 Å². The Bertz CT molecular complexity index is 1400. The normalized spacial score (nSPS) is 13.8. The zero-order chi connectivity index (χ0) is 24.5. The lowest BCUT2D eigenvalue weighted by Gasteiger charge is -2.35. The van der Waals surface area contributed by atoms with E-state index in [9.17, 15) is 4.79 Å². The second-order valence-electron chi connectivity index (χ2n) is 8.11. The second-order valence-corrected chi connectivity index (χ2v) is 9.43. The van der Waals surface area contributed by atoms with Crippen molar-refractivity contribution in [3.63, 3.8) is 0 Å². The summed E-state index contributed by atoms with van der Waals surface area (Å²) in [6.07, 6.45) is 5.21. The van der Waals surface area contributed by atoms with Crippen LogP contribution in [0.15, 0.2) is 53.4 Å². The molecule has 3 aromatic heterocycles. The molecule has 1 amide bonds. The summed E-state index contributed by atoms with van der Waals surface area (Å²) in [5.41, 5.74) is 3.87. The molecule has 11 heteroatoms. The van der Waals surface area contributed by atoms with Crippen molar-refractivity contribution in [3.05, 3.63) is 58.4 Å². The van der Waals surface area contributed by atoms with Crippen LogP contribution in [-0.2, 0) is 4.79 Å². The monoisotopic (exact) mass is 555 g/mol. The van der Waals surface area contributed by atoms with Crippen LogP contribution < -0.4 is 15.0 Å². The Morgan fingerprint density at radius 2 is 1.91 bits per heavy atom. The van der Waals surface area contributed by atoms with Gasteiger partial charge in [-0.15, -0.1) is 0 Å². The molecule has 0 radical (unpaired) electrons. The van der Waals surface area contributed by atoms with Crippen molar-refractivity contribution in [2.24, 2.45) is 0 Å². The number of nitrogens with one attached hydrogen (secondary N) is 1. The number of carbonyl (C=O) groups is 1. The smallest absolute Gasteiger partial charge is 0.227 e. The number of rotatable bonds is 5. The van der Waals surface area contributed by atoms with Crippen LogP contribution in [0, 0.1) is 0 Å². The average Bonchev–Trinajstić information content (AvgIpc) is 3.28. The summed E-state index contributed by atoms with van der Waals surface area (Å²) >= 11 is 9.93. The summed E-state index contributed by atoms with van der Waals surface area (Å²) in [7, 11) is 1.63. The van der Waals surface area contributed by atoms with Crippen LogP contribution in [0.1, 0.15) is 6.92 Å². The zero-order valence-electron chi connectivity index (χ0n) is 19.2. The highest BCUT2D eigenvalue weighted by Gasteiger charge is 2.20. The Kier molecular flexibility index (Phi) is 6.48. The van der Waals surface area contributed by atoms with Crippen molar-refractivity contribution in [2.75, 3.05) is 43.5 Å². The fraction of sp³-hybridized carbons (Fsp3) is 0.250. The minimum atomic E-state index is 0.112. The van der Waals surface area contributed by atoms with E-state index >= 15 is 0 Å². The maximum atomic E-state index is 11.6. The summed E-state index contributed by atoms with van der Waals surface area (Å²) in [5, 5.41) is 3.67. The number of nitrogens with zero attached hydrogens (tertiary/aromatic N) is 6. The number of hydrogen-bond acceptors (Lipinski definition) is 7. The number of carbonyl (C=O) groups excluding carboxylic acids is 1. The number of aromatic nitrogens is 4. The van der Waals surface area contributed by atoms with Crippen LogP contribution in [-0.4, -0.2) is 63.4 Å². The number of piperazine rings is 1. The van der Waals surface area contributed by atoms with Crippen molar-refractivity contribution < 1.29 is 9.53 Å². The van der Waals surface area contributed by atoms with Crippen LogP contribution in [0.25, 0.3) is 17.0 Å². The maximum Gasteiger partial charge on any atom is 0.227 e. The SMILES string of the molecule is COc1cc(N2CCN(C(C)=O)CC2)ccc1Nc1ncc(Cl)c(-c2cnc3cc(Br)ccn23)n1. The highest BCUT2D eigenvalue weighted by molar-refractivity contribution is 9.10. The lowest BCUT2D eigenvalue weighted by atomic mass is 10.2. The predicted octanol–water partition coefficient (Wildman–Crippen LogP) is 4.63. The number of hydrogen-bond donors (Lipinski definition) is 1. The molecule has 1 aliphatic heterocycles. The second kappa shape index (κ2) is 9.71. The van der Waals surface area contributed by atoms with Crippen LogP contribution in [0.4, 0.5) is 17.3 Å². The molecule has 0 spiro atoms. The first-order valence-electron chi connectivity index (χ1n) is 11.0. The predicted molar refractivity (Wildman–Crippen MR) is 140 cm³/mol. The van der Waals surface area contributed by atoms with E-state index in [1.165, 1.54) is 0 Å². The van der Waals surface area contributed by atoms with Crippen LogP contribution in [0.3, 0.4) is 0 Å². The minimum absolute atomic E-state index is 0.112. The van der Waals surface area contributed by atoms with Gasteiger partial charge in [0.1, 0.15) is 17.1 Å². The Hall–Kier alpha value is -3.37. The van der Waals surface area contributed by atoms with Gasteiger partial charge in [-0.1, -0.05) is 27.5 Å². The van der Waals surface area contributed by atoms with E-state index in [1.54, 1.807) is 26.4 Å². The van der Waals surface area contributed by atoms with Gasteiger partial charge in [0.15, 0.2) is 0 Å². The third kappa shape index (κ3) is 4.76. The van der Waals surface area contributed by atoms with E-state index in [2.05, 4.69) is 41.1 Å². The van der Waals surface area contributed by atoms with E-state index in [0.717, 1.165) is 40.3 Å². The number of anilines is 3. The van der Waals surface area contributed by atoms with Crippen molar-refractivity contribution in [2.45, 2.75) is 6.92 Å². The lowest BCUT2D eigenvalue weighted by molar-refractivity contribution is -0.129. The van der Waals surface area contributed by atoms with Gasteiger partial charge in [0.05, 0.1) is 35.9 Å². The summed E-state index contributed by atoms with van der Waals surface area (Å²) < 4.78 is 8.51. The Morgan fingerprint density at radius 3 is 2.66 bits per heavy atom. The van der Waals surface area contributed by atoms with E-state index in [4.69, 9.17) is 16.3 Å². The molecule has 0 atom stereocenters. The van der Waals surface area contributed by atoms with Crippen molar-refractivity contribution in [1.82, 2.24) is 24.3 Å². The zero-order valence-corrected chi connectivity index (χ0v) is 21.5. The molecule has 0 aliphatic carbocycles. The highest BCUT2D eigenvalue weighted by atomic mass is 79.9. The van der Waals surface area contributed by atoms with Gasteiger partial charge in [0.2, 0.25) is 11.9 Å². The first-order chi connectivity index (χ1) is 16.9. The minimum Gasteiger partial charge on any atom is -0.494 e. The van der Waals surface area contributed by atoms with Crippen LogP contribution >= 0.6 is 27.5 Å². The Morgan fingerprint density at radius 1 is 1.11 bits per heavy atom. The van der Waals surface area contributed by atoms with Gasteiger partial charge in [0, 0.05) is 55.5 Å². The largest absolute Gasteiger partial charge is 0.494 e. The van der Waals surface area contributed by atoms with E-state index in [-0.39, 0.29) is 5.91 Å². The third-order valence-electron chi connectivity index (χ3n) is 5.98. The number of pyridine rings is 1. The number of fused-ring (bicyclic) bond motifs is 1. The molecule has 1 aliphatic rings. The van der Waals surface area contributed by atoms with Crippen LogP contribution in [0.5, 0.6) is 5.75 Å². The number of ether oxygens (including phenoxy) is 1. The molecule has 0 unspecified atom stereocenters. The summed E-state index contributed by atoms with van der Waals surface area (Å²) in [5.74, 6) is 1.16. The lowest BCUT2D eigenvalue weighted by Crippen LogP contribution is -2.48. The van der Waals surface area contributed by atoms with Crippen LogP contribution in [0.2, 0.25) is 5.02 Å². The van der Waals surface area contributed by atoms with Gasteiger partial charge in [-0.2, -0.15) is 0 Å². The molecule has 4 heterocycles. The number of imidazole rings is 1. The van der Waals surface area contributed by atoms with Gasteiger partial charge >= 0.3 is 0 Å². The molecular formula is C24H23BrClN7O2. The van der Waals surface area contributed by atoms with Gasteiger partial charge in [-0.25, -0.2) is 15.0 Å². The molecule has 0 saturated carbocycles. The van der Waals surface area contributed by atoms with E-state index in [0.29, 0.717) is 35.5 Å². The van der Waals surface area contributed by atoms with Crippen molar-refractivity contribution in [1.29, 1.82) is 0 Å². The molecule has 35 heavy (non-hydrogen) atoms. The topological polar surface area (TPSA) is 87.9 Å². The van der Waals surface area contributed by atoms with Crippen molar-refractivity contribution in [3.8, 4) is 17.1 Å². The number of halogens is 2. The molecule has 9 nitrogen and oxygen atoms in total.